The molecule has 1 rings (SSSR count). The van der Waals surface area contributed by atoms with Crippen molar-refractivity contribution < 1.29 is 9.53 Å². The molecule has 0 N–H and O–H groups in total. The molecule has 94 valence electrons. The van der Waals surface area contributed by atoms with Gasteiger partial charge >= 0.3 is 0 Å². The molecule has 0 aliphatic heterocycles. The van der Waals surface area contributed by atoms with Gasteiger partial charge in [-0.1, -0.05) is 19.8 Å². The van der Waals surface area contributed by atoms with Gasteiger partial charge in [0.2, 0.25) is 0 Å². The van der Waals surface area contributed by atoms with E-state index in [2.05, 4.69) is 6.92 Å². The summed E-state index contributed by atoms with van der Waals surface area (Å²) in [5.74, 6) is 0.698. The zero-order chi connectivity index (χ0) is 12.3. The highest BCUT2D eigenvalue weighted by atomic mass is 16.5. The Morgan fingerprint density at radius 2 is 1.88 bits per heavy atom. The summed E-state index contributed by atoms with van der Waals surface area (Å²) in [5, 5.41) is 0. The molecular weight excluding hydrogens is 202 g/mol. The number of hydrogen-bond acceptors (Lipinski definition) is 2. The minimum Gasteiger partial charge on any atom is -0.369 e. The van der Waals surface area contributed by atoms with E-state index in [1.54, 1.807) is 7.11 Å². The molecule has 16 heavy (non-hydrogen) atoms. The number of methoxy groups -OCH3 is 1. The van der Waals surface area contributed by atoms with Crippen LogP contribution in [0.2, 0.25) is 0 Å². The average Bonchev–Trinajstić information content (AvgIpc) is 2.27. The first kappa shape index (κ1) is 13.5. The molecule has 3 heteroatoms. The fourth-order valence-corrected chi connectivity index (χ4v) is 2.53. The maximum absolute atomic E-state index is 12.2. The number of carbonyl (C=O) groups excluding carboxylic acids is 1. The second-order valence-corrected chi connectivity index (χ2v) is 5.46. The Morgan fingerprint density at radius 3 is 2.38 bits per heavy atom. The van der Waals surface area contributed by atoms with Crippen LogP contribution in [0.15, 0.2) is 0 Å². The number of ether oxygens (including phenoxy) is 1. The Balaban J connectivity index is 2.69. The third-order valence-corrected chi connectivity index (χ3v) is 3.91. The van der Waals surface area contributed by atoms with Crippen molar-refractivity contribution in [3.8, 4) is 0 Å². The smallest absolute Gasteiger partial charge is 0.254 e. The van der Waals surface area contributed by atoms with Crippen molar-refractivity contribution in [2.75, 3.05) is 14.2 Å². The Hall–Kier alpha value is -0.570. The lowest BCUT2D eigenvalue weighted by Crippen LogP contribution is -2.51. The van der Waals surface area contributed by atoms with Crippen LogP contribution in [-0.4, -0.2) is 36.6 Å². The lowest BCUT2D eigenvalue weighted by atomic mass is 9.84. The van der Waals surface area contributed by atoms with Gasteiger partial charge < -0.3 is 9.64 Å². The van der Waals surface area contributed by atoms with Crippen molar-refractivity contribution in [1.82, 2.24) is 4.90 Å². The molecule has 0 bridgehead atoms. The van der Waals surface area contributed by atoms with Crippen LogP contribution in [-0.2, 0) is 9.53 Å². The van der Waals surface area contributed by atoms with Gasteiger partial charge in [0.1, 0.15) is 5.60 Å². The molecular formula is C13H25NO2. The molecule has 0 saturated heterocycles. The van der Waals surface area contributed by atoms with E-state index in [1.807, 2.05) is 25.8 Å². The van der Waals surface area contributed by atoms with Crippen LogP contribution in [0.4, 0.5) is 0 Å². The molecule has 3 nitrogen and oxygen atoms in total. The summed E-state index contributed by atoms with van der Waals surface area (Å²) in [6.45, 7) is 5.91. The van der Waals surface area contributed by atoms with Crippen molar-refractivity contribution >= 4 is 5.91 Å². The largest absolute Gasteiger partial charge is 0.369 e. The molecule has 1 aliphatic rings. The third kappa shape index (κ3) is 2.76. The van der Waals surface area contributed by atoms with Gasteiger partial charge in [-0.2, -0.15) is 0 Å². The minimum atomic E-state index is -0.702. The van der Waals surface area contributed by atoms with Gasteiger partial charge in [-0.15, -0.1) is 0 Å². The maximum Gasteiger partial charge on any atom is 0.254 e. The van der Waals surface area contributed by atoms with Crippen LogP contribution in [0.25, 0.3) is 0 Å². The first-order chi connectivity index (χ1) is 7.40. The van der Waals surface area contributed by atoms with Gasteiger partial charge in [0.05, 0.1) is 0 Å². The molecule has 0 aromatic heterocycles. The number of hydrogen-bond donors (Lipinski definition) is 0. The number of nitrogens with zero attached hydrogens (tertiary/aromatic N) is 1. The lowest BCUT2D eigenvalue weighted by Gasteiger charge is -2.39. The molecule has 0 heterocycles. The van der Waals surface area contributed by atoms with E-state index >= 15 is 0 Å². The predicted molar refractivity (Wildman–Crippen MR) is 65.3 cm³/mol. The van der Waals surface area contributed by atoms with Crippen LogP contribution in [0, 0.1) is 5.92 Å². The first-order valence-corrected chi connectivity index (χ1v) is 6.22. The number of amides is 1. The normalized spacial score (nSPS) is 26.6. The van der Waals surface area contributed by atoms with Crippen LogP contribution < -0.4 is 0 Å². The third-order valence-electron chi connectivity index (χ3n) is 3.91. The van der Waals surface area contributed by atoms with Crippen molar-refractivity contribution in [3.63, 3.8) is 0 Å². The first-order valence-electron chi connectivity index (χ1n) is 6.22. The molecule has 2 unspecified atom stereocenters. The minimum absolute atomic E-state index is 0.0914. The monoisotopic (exact) mass is 227 g/mol. The zero-order valence-electron chi connectivity index (χ0n) is 11.2. The van der Waals surface area contributed by atoms with Gasteiger partial charge in [0, 0.05) is 20.2 Å². The lowest BCUT2D eigenvalue weighted by molar-refractivity contribution is -0.153. The summed E-state index contributed by atoms with van der Waals surface area (Å²) in [5.41, 5.74) is -0.702. The highest BCUT2D eigenvalue weighted by Gasteiger charge is 2.35. The molecule has 1 amide bonds. The summed E-state index contributed by atoms with van der Waals surface area (Å²) in [6, 6.07) is 0.385. The van der Waals surface area contributed by atoms with Gasteiger partial charge in [-0.3, -0.25) is 4.79 Å². The zero-order valence-corrected chi connectivity index (χ0v) is 11.2. The fraction of sp³-hybridized carbons (Fsp3) is 0.923. The van der Waals surface area contributed by atoms with Crippen LogP contribution in [0.3, 0.4) is 0 Å². The fourth-order valence-electron chi connectivity index (χ4n) is 2.53. The number of carbonyl (C=O) groups is 1. The van der Waals surface area contributed by atoms with E-state index < -0.39 is 5.60 Å². The van der Waals surface area contributed by atoms with Crippen LogP contribution >= 0.6 is 0 Å². The SMILES string of the molecule is COC(C)(C)C(=O)N(C)C1CCCCC1C. The Morgan fingerprint density at radius 1 is 1.31 bits per heavy atom. The molecule has 0 aromatic carbocycles. The molecule has 0 radical (unpaired) electrons. The Kier molecular flexibility index (Phi) is 4.36. The van der Waals surface area contributed by atoms with E-state index in [1.165, 1.54) is 19.3 Å². The van der Waals surface area contributed by atoms with Crippen molar-refractivity contribution in [3.05, 3.63) is 0 Å². The summed E-state index contributed by atoms with van der Waals surface area (Å²) in [7, 11) is 3.51. The molecule has 1 saturated carbocycles. The summed E-state index contributed by atoms with van der Waals surface area (Å²) in [6.07, 6.45) is 4.90. The average molecular weight is 227 g/mol. The van der Waals surface area contributed by atoms with Crippen molar-refractivity contribution in [1.29, 1.82) is 0 Å². The number of likely N-dealkylation sites (N-methyl/N-ethyl adjacent to an activating group) is 1. The quantitative estimate of drug-likeness (QED) is 0.741. The Bertz CT molecular complexity index is 250. The summed E-state index contributed by atoms with van der Waals surface area (Å²) < 4.78 is 5.26. The van der Waals surface area contributed by atoms with E-state index in [-0.39, 0.29) is 5.91 Å². The molecule has 2 atom stereocenters. The number of rotatable bonds is 3. The molecule has 0 spiro atoms. The molecule has 1 aliphatic carbocycles. The second kappa shape index (κ2) is 5.17. The molecule has 1 fully saturated rings. The highest BCUT2D eigenvalue weighted by molar-refractivity contribution is 5.84. The van der Waals surface area contributed by atoms with E-state index in [4.69, 9.17) is 4.74 Å². The second-order valence-electron chi connectivity index (χ2n) is 5.46. The van der Waals surface area contributed by atoms with E-state index in [9.17, 15) is 4.79 Å². The van der Waals surface area contributed by atoms with Crippen molar-refractivity contribution in [2.45, 2.75) is 58.1 Å². The standard InChI is InChI=1S/C13H25NO2/c1-10-8-6-7-9-11(10)14(4)12(15)13(2,3)16-5/h10-11H,6-9H2,1-5H3. The highest BCUT2D eigenvalue weighted by Crippen LogP contribution is 2.28. The van der Waals surface area contributed by atoms with Crippen LogP contribution in [0.1, 0.15) is 46.5 Å². The van der Waals surface area contributed by atoms with Gasteiger partial charge in [-0.05, 0) is 32.6 Å². The van der Waals surface area contributed by atoms with Crippen LogP contribution in [0.5, 0.6) is 0 Å². The topological polar surface area (TPSA) is 29.5 Å². The summed E-state index contributed by atoms with van der Waals surface area (Å²) in [4.78, 5) is 14.1. The van der Waals surface area contributed by atoms with Gasteiger partial charge in [-0.25, -0.2) is 0 Å². The van der Waals surface area contributed by atoms with Gasteiger partial charge in [0.15, 0.2) is 0 Å². The Labute approximate surface area is 99.1 Å². The van der Waals surface area contributed by atoms with E-state index in [0.29, 0.717) is 12.0 Å². The predicted octanol–water partition coefficient (Wildman–Crippen LogP) is 2.45. The summed E-state index contributed by atoms with van der Waals surface area (Å²) >= 11 is 0. The molecule has 0 aromatic rings. The van der Waals surface area contributed by atoms with E-state index in [0.717, 1.165) is 6.42 Å². The maximum atomic E-state index is 12.2. The van der Waals surface area contributed by atoms with Crippen molar-refractivity contribution in [2.24, 2.45) is 5.92 Å². The van der Waals surface area contributed by atoms with Gasteiger partial charge in [0.25, 0.3) is 5.91 Å².